The van der Waals surface area contributed by atoms with Crippen LogP contribution in [0.2, 0.25) is 0 Å². The van der Waals surface area contributed by atoms with Gasteiger partial charge < -0.3 is 23.9 Å². The van der Waals surface area contributed by atoms with E-state index >= 15 is 0 Å². The lowest BCUT2D eigenvalue weighted by atomic mass is 10.1. The fourth-order valence-corrected chi connectivity index (χ4v) is 3.82. The van der Waals surface area contributed by atoms with E-state index in [9.17, 15) is 9.59 Å². The molecule has 2 aromatic carbocycles. The Kier molecular flexibility index (Phi) is 7.03. The van der Waals surface area contributed by atoms with Gasteiger partial charge in [-0.2, -0.15) is 5.10 Å². The molecule has 3 aromatic heterocycles. The summed E-state index contributed by atoms with van der Waals surface area (Å²) in [6.45, 7) is 2.16. The number of fused-ring (bicyclic) bond motifs is 1. The second-order valence-corrected chi connectivity index (χ2v) is 8.11. The van der Waals surface area contributed by atoms with Crippen molar-refractivity contribution >= 4 is 23.2 Å². The smallest absolute Gasteiger partial charge is 0.343 e. The van der Waals surface area contributed by atoms with Crippen LogP contribution in [-0.2, 0) is 11.3 Å². The maximum Gasteiger partial charge on any atom is 0.343 e. The lowest BCUT2D eigenvalue weighted by molar-refractivity contribution is 0.0528. The number of rotatable bonds is 9. The first kappa shape index (κ1) is 24.6. The third-order valence-corrected chi connectivity index (χ3v) is 5.64. The molecule has 0 spiro atoms. The number of ether oxygens (including phenoxy) is 3. The number of anilines is 1. The summed E-state index contributed by atoms with van der Waals surface area (Å²) >= 11 is 0. The molecule has 0 atom stereocenters. The quantitative estimate of drug-likeness (QED) is 0.274. The van der Waals surface area contributed by atoms with Crippen molar-refractivity contribution in [3.8, 4) is 22.8 Å². The van der Waals surface area contributed by atoms with Crippen LogP contribution in [-0.4, -0.2) is 40.2 Å². The van der Waals surface area contributed by atoms with Gasteiger partial charge in [0.1, 0.15) is 29.4 Å². The van der Waals surface area contributed by atoms with Crippen molar-refractivity contribution in [2.75, 3.05) is 19.0 Å². The highest BCUT2D eigenvalue weighted by molar-refractivity contribution is 6.02. The van der Waals surface area contributed by atoms with Crippen molar-refractivity contribution < 1.29 is 28.2 Å². The minimum absolute atomic E-state index is 0.154. The first-order chi connectivity index (χ1) is 18.6. The molecule has 0 aliphatic heterocycles. The molecule has 0 aliphatic rings. The molecule has 0 radical (unpaired) electrons. The number of benzene rings is 2. The SMILES string of the molecule is CCOC(=O)c1cnn2c(-c3cccc(NC(=O)c4ccc(COc5ccc(OC)cc5)o4)c3)ccnc12. The molecule has 3 heterocycles. The van der Waals surface area contributed by atoms with E-state index in [0.29, 0.717) is 28.5 Å². The molecular formula is C28H24N4O6. The average Bonchev–Trinajstić information content (AvgIpc) is 3.60. The molecule has 10 heteroatoms. The Morgan fingerprint density at radius 1 is 1.03 bits per heavy atom. The predicted molar refractivity (Wildman–Crippen MR) is 138 cm³/mol. The monoisotopic (exact) mass is 512 g/mol. The number of nitrogens with zero attached hydrogens (tertiary/aromatic N) is 3. The Morgan fingerprint density at radius 3 is 2.63 bits per heavy atom. The average molecular weight is 513 g/mol. The van der Waals surface area contributed by atoms with Crippen LogP contribution in [0, 0.1) is 0 Å². The van der Waals surface area contributed by atoms with E-state index < -0.39 is 11.9 Å². The molecule has 0 bridgehead atoms. The van der Waals surface area contributed by atoms with Gasteiger partial charge in [-0.1, -0.05) is 12.1 Å². The highest BCUT2D eigenvalue weighted by Gasteiger charge is 2.18. The van der Waals surface area contributed by atoms with Gasteiger partial charge in [-0.25, -0.2) is 14.3 Å². The molecule has 1 N–H and O–H groups in total. The highest BCUT2D eigenvalue weighted by Crippen LogP contribution is 2.25. The number of aromatic nitrogens is 3. The van der Waals surface area contributed by atoms with Crippen LogP contribution in [0.3, 0.4) is 0 Å². The Hall–Kier alpha value is -5.12. The lowest BCUT2D eigenvalue weighted by Gasteiger charge is -2.08. The van der Waals surface area contributed by atoms with Crippen molar-refractivity contribution in [1.29, 1.82) is 0 Å². The standard InChI is InChI=1S/C28H24N4O6/c1-3-36-28(34)23-16-30-32-24(13-14-29-26(23)32)18-5-4-6-19(15-18)31-27(33)25-12-11-22(38-25)17-37-21-9-7-20(35-2)8-10-21/h4-16H,3,17H2,1-2H3,(H,31,33). The number of esters is 1. The van der Waals surface area contributed by atoms with Gasteiger partial charge >= 0.3 is 5.97 Å². The van der Waals surface area contributed by atoms with Crippen LogP contribution < -0.4 is 14.8 Å². The summed E-state index contributed by atoms with van der Waals surface area (Å²) in [7, 11) is 1.60. The second kappa shape index (κ2) is 10.9. The normalized spacial score (nSPS) is 10.8. The highest BCUT2D eigenvalue weighted by atomic mass is 16.5. The van der Waals surface area contributed by atoms with Crippen LogP contribution in [0.25, 0.3) is 16.9 Å². The Morgan fingerprint density at radius 2 is 1.84 bits per heavy atom. The fourth-order valence-electron chi connectivity index (χ4n) is 3.82. The Labute approximate surface area is 217 Å². The van der Waals surface area contributed by atoms with Crippen molar-refractivity contribution in [2.24, 2.45) is 0 Å². The molecular weight excluding hydrogens is 488 g/mol. The molecule has 0 saturated carbocycles. The molecule has 5 aromatic rings. The van der Waals surface area contributed by atoms with Crippen molar-refractivity contribution in [3.05, 3.63) is 96.2 Å². The zero-order valence-corrected chi connectivity index (χ0v) is 20.7. The number of carbonyl (C=O) groups excluding carboxylic acids is 2. The summed E-state index contributed by atoms with van der Waals surface area (Å²) in [5.74, 6) is 1.16. The van der Waals surface area contributed by atoms with E-state index in [1.807, 2.05) is 12.1 Å². The van der Waals surface area contributed by atoms with Gasteiger partial charge in [-0.3, -0.25) is 4.79 Å². The minimum Gasteiger partial charge on any atom is -0.497 e. The molecule has 38 heavy (non-hydrogen) atoms. The van der Waals surface area contributed by atoms with Crippen molar-refractivity contribution in [3.63, 3.8) is 0 Å². The van der Waals surface area contributed by atoms with Gasteiger partial charge in [-0.05, 0) is 61.5 Å². The van der Waals surface area contributed by atoms with Crippen LogP contribution >= 0.6 is 0 Å². The number of furan rings is 1. The fraction of sp³-hybridized carbons (Fsp3) is 0.143. The number of carbonyl (C=O) groups is 2. The number of amides is 1. The number of nitrogens with one attached hydrogen (secondary N) is 1. The van der Waals surface area contributed by atoms with E-state index in [1.165, 1.54) is 6.20 Å². The maximum atomic E-state index is 12.8. The third kappa shape index (κ3) is 5.19. The molecule has 0 fully saturated rings. The van der Waals surface area contributed by atoms with E-state index in [4.69, 9.17) is 18.6 Å². The summed E-state index contributed by atoms with van der Waals surface area (Å²) < 4.78 is 23.2. The number of hydrogen-bond donors (Lipinski definition) is 1. The molecule has 0 saturated heterocycles. The Balaban J connectivity index is 1.28. The van der Waals surface area contributed by atoms with Gasteiger partial charge in [-0.15, -0.1) is 0 Å². The molecule has 10 nitrogen and oxygen atoms in total. The topological polar surface area (TPSA) is 117 Å². The van der Waals surface area contributed by atoms with E-state index in [2.05, 4.69) is 15.4 Å². The van der Waals surface area contributed by atoms with Gasteiger partial charge in [0.25, 0.3) is 5.91 Å². The van der Waals surface area contributed by atoms with Gasteiger partial charge in [0.05, 0.1) is 25.6 Å². The van der Waals surface area contributed by atoms with Crippen molar-refractivity contribution in [2.45, 2.75) is 13.5 Å². The summed E-state index contributed by atoms with van der Waals surface area (Å²) in [5.41, 5.74) is 2.68. The zero-order valence-electron chi connectivity index (χ0n) is 20.7. The molecule has 0 aliphatic carbocycles. The second-order valence-electron chi connectivity index (χ2n) is 8.11. The summed E-state index contributed by atoms with van der Waals surface area (Å²) in [5, 5.41) is 7.17. The summed E-state index contributed by atoms with van der Waals surface area (Å²) in [6, 6.07) is 19.5. The third-order valence-electron chi connectivity index (χ3n) is 5.64. The summed E-state index contributed by atoms with van der Waals surface area (Å²) in [4.78, 5) is 29.4. The van der Waals surface area contributed by atoms with Gasteiger partial charge in [0.15, 0.2) is 11.4 Å². The molecule has 0 unspecified atom stereocenters. The first-order valence-electron chi connectivity index (χ1n) is 11.8. The molecule has 5 rings (SSSR count). The van der Waals surface area contributed by atoms with E-state index in [0.717, 1.165) is 11.3 Å². The lowest BCUT2D eigenvalue weighted by Crippen LogP contribution is -2.11. The van der Waals surface area contributed by atoms with Crippen LogP contribution in [0.5, 0.6) is 11.5 Å². The minimum atomic E-state index is -0.486. The number of hydrogen-bond acceptors (Lipinski definition) is 8. The van der Waals surface area contributed by atoms with Gasteiger partial charge in [0, 0.05) is 17.4 Å². The summed E-state index contributed by atoms with van der Waals surface area (Å²) in [6.07, 6.45) is 3.03. The predicted octanol–water partition coefficient (Wildman–Crippen LogP) is 5.01. The van der Waals surface area contributed by atoms with E-state index in [-0.39, 0.29) is 24.5 Å². The molecule has 192 valence electrons. The zero-order chi connectivity index (χ0) is 26.5. The van der Waals surface area contributed by atoms with Crippen LogP contribution in [0.15, 0.2) is 83.5 Å². The van der Waals surface area contributed by atoms with E-state index in [1.54, 1.807) is 79.3 Å². The molecule has 1 amide bonds. The maximum absolute atomic E-state index is 12.8. The van der Waals surface area contributed by atoms with Crippen LogP contribution in [0.4, 0.5) is 5.69 Å². The van der Waals surface area contributed by atoms with Crippen molar-refractivity contribution in [1.82, 2.24) is 14.6 Å². The van der Waals surface area contributed by atoms with Gasteiger partial charge in [0.2, 0.25) is 0 Å². The number of methoxy groups -OCH3 is 1. The van der Waals surface area contributed by atoms with Crippen LogP contribution in [0.1, 0.15) is 33.6 Å². The first-order valence-corrected chi connectivity index (χ1v) is 11.8. The largest absolute Gasteiger partial charge is 0.497 e. The Bertz CT molecular complexity index is 1590.